The van der Waals surface area contributed by atoms with Gasteiger partial charge in [-0.25, -0.2) is 4.79 Å². The van der Waals surface area contributed by atoms with Crippen molar-refractivity contribution in [2.75, 3.05) is 12.4 Å². The lowest BCUT2D eigenvalue weighted by Gasteiger charge is -2.21. The van der Waals surface area contributed by atoms with Crippen LogP contribution >= 0.6 is 11.3 Å². The van der Waals surface area contributed by atoms with Gasteiger partial charge in [-0.3, -0.25) is 9.59 Å². The molecular weight excluding hydrogens is 352 g/mol. The summed E-state index contributed by atoms with van der Waals surface area (Å²) in [7, 11) is 1.30. The van der Waals surface area contributed by atoms with Crippen LogP contribution in [0.5, 0.6) is 0 Å². The smallest absolute Gasteiger partial charge is 0.348 e. The molecule has 1 heterocycles. The summed E-state index contributed by atoms with van der Waals surface area (Å²) in [6, 6.07) is 9.66. The van der Waals surface area contributed by atoms with Crippen LogP contribution < -0.4 is 10.6 Å². The van der Waals surface area contributed by atoms with Crippen molar-refractivity contribution in [3.8, 4) is 0 Å². The van der Waals surface area contributed by atoms with Gasteiger partial charge >= 0.3 is 5.97 Å². The molecule has 1 atom stereocenters. The fourth-order valence-electron chi connectivity index (χ4n) is 2.28. The Morgan fingerprint density at radius 2 is 1.69 bits per heavy atom. The van der Waals surface area contributed by atoms with Crippen molar-refractivity contribution < 1.29 is 19.1 Å². The van der Waals surface area contributed by atoms with E-state index in [1.54, 1.807) is 24.3 Å². The molecule has 0 aliphatic heterocycles. The predicted octanol–water partition coefficient (Wildman–Crippen LogP) is 3.24. The molecule has 26 heavy (non-hydrogen) atoms. The molecule has 0 aliphatic rings. The summed E-state index contributed by atoms with van der Waals surface area (Å²) in [5, 5.41) is 6.04. The lowest BCUT2D eigenvalue weighted by Crippen LogP contribution is -2.47. The first-order valence-corrected chi connectivity index (χ1v) is 9.00. The van der Waals surface area contributed by atoms with E-state index in [-0.39, 0.29) is 17.7 Å². The third-order valence-corrected chi connectivity index (χ3v) is 4.77. The molecule has 0 saturated carbocycles. The molecule has 138 valence electrons. The van der Waals surface area contributed by atoms with Crippen LogP contribution in [0.1, 0.15) is 39.4 Å². The number of hydrogen-bond donors (Lipinski definition) is 2. The van der Waals surface area contributed by atoms with E-state index in [4.69, 9.17) is 0 Å². The molecule has 0 fully saturated rings. The SMILES string of the molecule is COC(=O)c1ccc(NC(=O)[C@@H](NC(=O)c2ccc(C)cc2)C(C)C)s1. The lowest BCUT2D eigenvalue weighted by atomic mass is 10.0. The van der Waals surface area contributed by atoms with Crippen LogP contribution in [0.3, 0.4) is 0 Å². The summed E-state index contributed by atoms with van der Waals surface area (Å²) >= 11 is 1.12. The van der Waals surface area contributed by atoms with Crippen molar-refractivity contribution in [3.63, 3.8) is 0 Å². The number of ether oxygens (including phenoxy) is 1. The zero-order valence-electron chi connectivity index (χ0n) is 15.2. The van der Waals surface area contributed by atoms with Gasteiger partial charge in [0.15, 0.2) is 0 Å². The van der Waals surface area contributed by atoms with E-state index >= 15 is 0 Å². The van der Waals surface area contributed by atoms with E-state index in [0.29, 0.717) is 15.4 Å². The van der Waals surface area contributed by atoms with E-state index < -0.39 is 12.0 Å². The van der Waals surface area contributed by atoms with Crippen molar-refractivity contribution in [3.05, 3.63) is 52.4 Å². The highest BCUT2D eigenvalue weighted by molar-refractivity contribution is 7.18. The van der Waals surface area contributed by atoms with Crippen molar-refractivity contribution >= 4 is 34.1 Å². The summed E-state index contributed by atoms with van der Waals surface area (Å²) in [4.78, 5) is 36.9. The van der Waals surface area contributed by atoms with Crippen LogP contribution in [0.15, 0.2) is 36.4 Å². The summed E-state index contributed by atoms with van der Waals surface area (Å²) < 4.78 is 4.65. The van der Waals surface area contributed by atoms with Gasteiger partial charge < -0.3 is 15.4 Å². The summed E-state index contributed by atoms with van der Waals surface area (Å²) in [5.41, 5.74) is 1.55. The van der Waals surface area contributed by atoms with Gasteiger partial charge in [0.2, 0.25) is 5.91 Å². The number of nitrogens with one attached hydrogen (secondary N) is 2. The molecule has 0 aliphatic carbocycles. The van der Waals surface area contributed by atoms with Gasteiger partial charge in [-0.05, 0) is 37.1 Å². The fraction of sp³-hybridized carbons (Fsp3) is 0.316. The second kappa shape index (κ2) is 8.62. The summed E-state index contributed by atoms with van der Waals surface area (Å²) in [5.74, 6) is -1.20. The van der Waals surface area contributed by atoms with Crippen LogP contribution in [0, 0.1) is 12.8 Å². The van der Waals surface area contributed by atoms with Crippen LogP contribution in [0.25, 0.3) is 0 Å². The predicted molar refractivity (Wildman–Crippen MR) is 102 cm³/mol. The standard InChI is InChI=1S/C19H22N2O4S/c1-11(2)16(21-17(22)13-7-5-12(3)6-8-13)18(23)20-15-10-9-14(26-15)19(24)25-4/h5-11,16H,1-4H3,(H,20,23)(H,21,22)/t16-/m0/s1. The van der Waals surface area contributed by atoms with Crippen molar-refractivity contribution in [2.24, 2.45) is 5.92 Å². The number of anilines is 1. The Bertz CT molecular complexity index is 796. The van der Waals surface area contributed by atoms with Crippen LogP contribution in [0.2, 0.25) is 0 Å². The molecule has 1 aromatic heterocycles. The highest BCUT2D eigenvalue weighted by Gasteiger charge is 2.25. The Labute approximate surface area is 156 Å². The van der Waals surface area contributed by atoms with E-state index in [1.807, 2.05) is 32.9 Å². The van der Waals surface area contributed by atoms with Crippen molar-refractivity contribution in [1.29, 1.82) is 0 Å². The van der Waals surface area contributed by atoms with E-state index in [0.717, 1.165) is 16.9 Å². The number of esters is 1. The van der Waals surface area contributed by atoms with Gasteiger partial charge in [0, 0.05) is 5.56 Å². The fourth-order valence-corrected chi connectivity index (χ4v) is 3.11. The number of carbonyl (C=O) groups excluding carboxylic acids is 3. The monoisotopic (exact) mass is 374 g/mol. The Morgan fingerprint density at radius 3 is 2.27 bits per heavy atom. The minimum atomic E-state index is -0.701. The number of methoxy groups -OCH3 is 1. The highest BCUT2D eigenvalue weighted by atomic mass is 32.1. The Kier molecular flexibility index (Phi) is 6.52. The number of thiophene rings is 1. The molecule has 0 bridgehead atoms. The molecule has 2 N–H and O–H groups in total. The third-order valence-electron chi connectivity index (χ3n) is 3.79. The van der Waals surface area contributed by atoms with E-state index in [1.165, 1.54) is 7.11 Å². The molecule has 2 rings (SSSR count). The Hall–Kier alpha value is -2.67. The maximum Gasteiger partial charge on any atom is 0.348 e. The number of amides is 2. The molecule has 0 radical (unpaired) electrons. The lowest BCUT2D eigenvalue weighted by molar-refractivity contribution is -0.118. The first kappa shape index (κ1) is 19.7. The second-order valence-corrected chi connectivity index (χ2v) is 7.29. The van der Waals surface area contributed by atoms with Gasteiger partial charge in [-0.1, -0.05) is 31.5 Å². The molecule has 1 aromatic carbocycles. The molecule has 0 unspecified atom stereocenters. The minimum Gasteiger partial charge on any atom is -0.465 e. The zero-order chi connectivity index (χ0) is 19.3. The van der Waals surface area contributed by atoms with Crippen LogP contribution in [0.4, 0.5) is 5.00 Å². The molecule has 7 heteroatoms. The molecule has 6 nitrogen and oxygen atoms in total. The molecule has 0 spiro atoms. The quantitative estimate of drug-likeness (QED) is 0.760. The van der Waals surface area contributed by atoms with Gasteiger partial charge in [0.1, 0.15) is 10.9 Å². The Morgan fingerprint density at radius 1 is 1.04 bits per heavy atom. The Balaban J connectivity index is 2.07. The molecule has 2 aromatic rings. The maximum absolute atomic E-state index is 12.6. The normalized spacial score (nSPS) is 11.7. The van der Waals surface area contributed by atoms with Gasteiger partial charge in [-0.2, -0.15) is 0 Å². The summed E-state index contributed by atoms with van der Waals surface area (Å²) in [6.07, 6.45) is 0. The molecule has 2 amide bonds. The first-order chi connectivity index (χ1) is 12.3. The van der Waals surface area contributed by atoms with Crippen molar-refractivity contribution in [2.45, 2.75) is 26.8 Å². The summed E-state index contributed by atoms with van der Waals surface area (Å²) in [6.45, 7) is 5.65. The molecule has 0 saturated heterocycles. The van der Waals surface area contributed by atoms with E-state index in [2.05, 4.69) is 15.4 Å². The van der Waals surface area contributed by atoms with Gasteiger partial charge in [-0.15, -0.1) is 11.3 Å². The second-order valence-electron chi connectivity index (χ2n) is 6.21. The van der Waals surface area contributed by atoms with Crippen LogP contribution in [-0.2, 0) is 9.53 Å². The van der Waals surface area contributed by atoms with Crippen molar-refractivity contribution in [1.82, 2.24) is 5.32 Å². The maximum atomic E-state index is 12.6. The average molecular weight is 374 g/mol. The number of benzene rings is 1. The largest absolute Gasteiger partial charge is 0.465 e. The first-order valence-electron chi connectivity index (χ1n) is 8.18. The number of aryl methyl sites for hydroxylation is 1. The van der Waals surface area contributed by atoms with Gasteiger partial charge in [0.25, 0.3) is 5.91 Å². The van der Waals surface area contributed by atoms with E-state index in [9.17, 15) is 14.4 Å². The number of carbonyl (C=O) groups is 3. The average Bonchev–Trinajstić information content (AvgIpc) is 3.07. The van der Waals surface area contributed by atoms with Gasteiger partial charge in [0.05, 0.1) is 12.1 Å². The topological polar surface area (TPSA) is 84.5 Å². The number of hydrogen-bond acceptors (Lipinski definition) is 5. The van der Waals surface area contributed by atoms with Crippen LogP contribution in [-0.4, -0.2) is 30.9 Å². The highest BCUT2D eigenvalue weighted by Crippen LogP contribution is 2.23. The number of rotatable bonds is 6. The third kappa shape index (κ3) is 4.92. The molecular formula is C19H22N2O4S. The zero-order valence-corrected chi connectivity index (χ0v) is 16.0. The minimum absolute atomic E-state index is 0.107.